The van der Waals surface area contributed by atoms with Crippen molar-refractivity contribution < 1.29 is 18.3 Å². The van der Waals surface area contributed by atoms with Crippen LogP contribution in [0.3, 0.4) is 0 Å². The first-order chi connectivity index (χ1) is 14.2. The molecule has 6 heteroatoms. The Balaban J connectivity index is 1.62. The lowest BCUT2D eigenvalue weighted by Gasteiger charge is -2.36. The summed E-state index contributed by atoms with van der Waals surface area (Å²) in [7, 11) is -0.0878. The minimum atomic E-state index is -1.74. The summed E-state index contributed by atoms with van der Waals surface area (Å²) in [6, 6.07) is 15.6. The van der Waals surface area contributed by atoms with E-state index in [1.807, 2.05) is 48.5 Å². The summed E-state index contributed by atoms with van der Waals surface area (Å²) in [6.07, 6.45) is 1.47. The summed E-state index contributed by atoms with van der Waals surface area (Å²) in [5, 5.41) is 0.202. The molecule has 0 aliphatic heterocycles. The van der Waals surface area contributed by atoms with Gasteiger partial charge >= 0.3 is 0 Å². The first-order valence-electron chi connectivity index (χ1n) is 10.2. The number of nitrogens with zero attached hydrogens (tertiary/aromatic N) is 1. The molecule has 2 aromatic carbocycles. The number of hydrogen-bond acceptors (Lipinski definition) is 5. The zero-order valence-corrected chi connectivity index (χ0v) is 19.7. The Bertz CT molecular complexity index is 941. The van der Waals surface area contributed by atoms with Crippen LogP contribution in [0.15, 0.2) is 59.3 Å². The topological polar surface area (TPSA) is 53.7 Å². The Morgan fingerprint density at radius 3 is 2.07 bits per heavy atom. The van der Waals surface area contributed by atoms with Crippen LogP contribution in [0.5, 0.6) is 11.5 Å². The first kappa shape index (κ1) is 22.1. The van der Waals surface area contributed by atoms with Crippen LogP contribution in [-0.4, -0.2) is 33.6 Å². The highest BCUT2D eigenvalue weighted by Gasteiger charge is 2.36. The van der Waals surface area contributed by atoms with Crippen LogP contribution < -0.4 is 9.47 Å². The van der Waals surface area contributed by atoms with E-state index in [1.165, 1.54) is 6.39 Å². The molecule has 1 heterocycles. The summed E-state index contributed by atoms with van der Waals surface area (Å²) >= 11 is 0. The second-order valence-electron chi connectivity index (χ2n) is 8.74. The van der Waals surface area contributed by atoms with Gasteiger partial charge in [-0.1, -0.05) is 20.8 Å². The molecule has 0 aliphatic rings. The van der Waals surface area contributed by atoms with E-state index in [-0.39, 0.29) is 5.04 Å². The third-order valence-electron chi connectivity index (χ3n) is 5.67. The van der Waals surface area contributed by atoms with E-state index < -0.39 is 8.32 Å². The number of aromatic nitrogens is 1. The number of methoxy groups -OCH3 is 1. The van der Waals surface area contributed by atoms with Crippen molar-refractivity contribution in [2.75, 3.05) is 20.3 Å². The van der Waals surface area contributed by atoms with Gasteiger partial charge in [0.05, 0.1) is 13.7 Å². The molecule has 0 fully saturated rings. The zero-order chi connectivity index (χ0) is 21.8. The minimum absolute atomic E-state index is 0.202. The predicted molar refractivity (Wildman–Crippen MR) is 123 cm³/mol. The Hall–Kier alpha value is -2.57. The van der Waals surface area contributed by atoms with Gasteiger partial charge in [-0.3, -0.25) is 0 Å². The SMILES string of the molecule is COc1ccc(-c2ncoc2-c2ccc(OCCO[Si](C)(C)C(C)(C)C)cc2)cc1. The van der Waals surface area contributed by atoms with E-state index in [9.17, 15) is 0 Å². The van der Waals surface area contributed by atoms with Crippen LogP contribution in [-0.2, 0) is 4.43 Å². The van der Waals surface area contributed by atoms with Crippen molar-refractivity contribution in [1.82, 2.24) is 4.98 Å². The molecule has 1 aromatic heterocycles. The third-order valence-corrected chi connectivity index (χ3v) is 10.2. The average molecular weight is 426 g/mol. The fourth-order valence-corrected chi connectivity index (χ4v) is 3.81. The Morgan fingerprint density at radius 2 is 1.47 bits per heavy atom. The largest absolute Gasteiger partial charge is 0.497 e. The van der Waals surface area contributed by atoms with Gasteiger partial charge in [-0.15, -0.1) is 0 Å². The summed E-state index contributed by atoms with van der Waals surface area (Å²) in [5.74, 6) is 2.35. The molecule has 5 nitrogen and oxygen atoms in total. The van der Waals surface area contributed by atoms with Crippen molar-refractivity contribution in [3.63, 3.8) is 0 Å². The molecule has 0 bridgehead atoms. The van der Waals surface area contributed by atoms with Crippen molar-refractivity contribution in [3.8, 4) is 34.1 Å². The molecule has 160 valence electrons. The Labute approximate surface area is 180 Å². The van der Waals surface area contributed by atoms with Crippen molar-refractivity contribution in [2.24, 2.45) is 0 Å². The van der Waals surface area contributed by atoms with Gasteiger partial charge in [0.1, 0.15) is 23.8 Å². The molecular weight excluding hydrogens is 394 g/mol. The predicted octanol–water partition coefficient (Wildman–Crippen LogP) is 6.42. The molecule has 0 N–H and O–H groups in total. The van der Waals surface area contributed by atoms with Gasteiger partial charge < -0.3 is 18.3 Å². The molecule has 0 radical (unpaired) electrons. The van der Waals surface area contributed by atoms with Gasteiger partial charge in [-0.05, 0) is 66.7 Å². The number of benzene rings is 2. The van der Waals surface area contributed by atoms with E-state index >= 15 is 0 Å². The maximum atomic E-state index is 6.16. The van der Waals surface area contributed by atoms with Crippen LogP contribution in [0, 0.1) is 0 Å². The average Bonchev–Trinajstić information content (AvgIpc) is 3.21. The second kappa shape index (κ2) is 9.06. The van der Waals surface area contributed by atoms with Gasteiger partial charge in [0.15, 0.2) is 20.5 Å². The third kappa shape index (κ3) is 5.12. The van der Waals surface area contributed by atoms with E-state index in [0.29, 0.717) is 13.2 Å². The molecule has 0 spiro atoms. The molecule has 3 aromatic rings. The minimum Gasteiger partial charge on any atom is -0.497 e. The van der Waals surface area contributed by atoms with Crippen LogP contribution in [0.1, 0.15) is 20.8 Å². The van der Waals surface area contributed by atoms with Crippen LogP contribution in [0.4, 0.5) is 0 Å². The maximum absolute atomic E-state index is 6.16. The summed E-state index contributed by atoms with van der Waals surface area (Å²) < 4.78 is 22.9. The zero-order valence-electron chi connectivity index (χ0n) is 18.7. The standard InChI is InChI=1S/C24H31NO4Si/c1-24(2,3)30(5,6)29-16-15-27-21-13-9-19(10-14-21)23-22(25-17-28-23)18-7-11-20(26-4)12-8-18/h7-14,17H,15-16H2,1-6H3. The number of ether oxygens (including phenoxy) is 2. The first-order valence-corrected chi connectivity index (χ1v) is 13.1. The normalized spacial score (nSPS) is 12.1. The highest BCUT2D eigenvalue weighted by Crippen LogP contribution is 2.36. The molecule has 3 rings (SSSR count). The molecule has 0 saturated carbocycles. The molecule has 0 atom stereocenters. The van der Waals surface area contributed by atoms with Crippen LogP contribution >= 0.6 is 0 Å². The molecule has 0 aliphatic carbocycles. The Kier molecular flexibility index (Phi) is 6.68. The van der Waals surface area contributed by atoms with Crippen LogP contribution in [0.2, 0.25) is 18.1 Å². The van der Waals surface area contributed by atoms with Gasteiger partial charge in [0, 0.05) is 11.1 Å². The quantitative estimate of drug-likeness (QED) is 0.308. The highest BCUT2D eigenvalue weighted by atomic mass is 28.4. The van der Waals surface area contributed by atoms with Crippen molar-refractivity contribution >= 4 is 8.32 Å². The molecule has 0 saturated heterocycles. The highest BCUT2D eigenvalue weighted by molar-refractivity contribution is 6.74. The van der Waals surface area contributed by atoms with Gasteiger partial charge in [0.25, 0.3) is 0 Å². The molecule has 0 amide bonds. The van der Waals surface area contributed by atoms with Crippen molar-refractivity contribution in [3.05, 3.63) is 54.9 Å². The fraction of sp³-hybridized carbons (Fsp3) is 0.375. The summed E-state index contributed by atoms with van der Waals surface area (Å²) in [6.45, 7) is 12.3. The maximum Gasteiger partial charge on any atom is 0.192 e. The lowest BCUT2D eigenvalue weighted by atomic mass is 10.1. The van der Waals surface area contributed by atoms with Gasteiger partial charge in [0.2, 0.25) is 0 Å². The number of hydrogen-bond donors (Lipinski definition) is 0. The second-order valence-corrected chi connectivity index (χ2v) is 13.5. The monoisotopic (exact) mass is 425 g/mol. The van der Waals surface area contributed by atoms with E-state index in [1.54, 1.807) is 7.11 Å². The van der Waals surface area contributed by atoms with E-state index in [4.69, 9.17) is 18.3 Å². The molecule has 30 heavy (non-hydrogen) atoms. The summed E-state index contributed by atoms with van der Waals surface area (Å²) in [5.41, 5.74) is 2.72. The van der Waals surface area contributed by atoms with E-state index in [0.717, 1.165) is 34.1 Å². The number of oxazole rings is 1. The Morgan fingerprint density at radius 1 is 0.867 bits per heavy atom. The summed E-state index contributed by atoms with van der Waals surface area (Å²) in [4.78, 5) is 4.39. The fourth-order valence-electron chi connectivity index (χ4n) is 2.78. The molecular formula is C24H31NO4Si. The van der Waals surface area contributed by atoms with Gasteiger partial charge in [-0.25, -0.2) is 4.98 Å². The van der Waals surface area contributed by atoms with Gasteiger partial charge in [-0.2, -0.15) is 0 Å². The van der Waals surface area contributed by atoms with Crippen LogP contribution in [0.25, 0.3) is 22.6 Å². The van der Waals surface area contributed by atoms with E-state index in [2.05, 4.69) is 38.8 Å². The lowest BCUT2D eigenvalue weighted by molar-refractivity contribution is 0.203. The number of rotatable bonds is 8. The van der Waals surface area contributed by atoms with Crippen molar-refractivity contribution in [2.45, 2.75) is 38.9 Å². The smallest absolute Gasteiger partial charge is 0.192 e. The molecule has 0 unspecified atom stereocenters. The lowest BCUT2D eigenvalue weighted by Crippen LogP contribution is -2.41. The van der Waals surface area contributed by atoms with Crippen molar-refractivity contribution in [1.29, 1.82) is 0 Å².